The van der Waals surface area contributed by atoms with Crippen LogP contribution in [0.3, 0.4) is 0 Å². The van der Waals surface area contributed by atoms with Gasteiger partial charge in [-0.05, 0) is 54.4 Å². The topological polar surface area (TPSA) is 179 Å². The molecule has 0 aliphatic heterocycles. The Kier molecular flexibility index (Phi) is 8.60. The summed E-state index contributed by atoms with van der Waals surface area (Å²) in [4.78, 5) is 48.0. The fourth-order valence-electron chi connectivity index (χ4n) is 2.35. The normalized spacial score (nSPS) is 16.4. The van der Waals surface area contributed by atoms with E-state index in [1.165, 1.54) is 20.8 Å². The first-order valence-electron chi connectivity index (χ1n) is 8.86. The van der Waals surface area contributed by atoms with E-state index in [0.717, 1.165) is 0 Å². The van der Waals surface area contributed by atoms with Gasteiger partial charge >= 0.3 is 23.9 Å². The van der Waals surface area contributed by atoms with Gasteiger partial charge in [-0.25, -0.2) is 9.59 Å². The lowest BCUT2D eigenvalue weighted by Gasteiger charge is -2.34. The van der Waals surface area contributed by atoms with Crippen molar-refractivity contribution in [2.45, 2.75) is 83.6 Å². The van der Waals surface area contributed by atoms with Crippen molar-refractivity contribution in [2.24, 2.45) is 17.4 Å². The molecule has 0 fully saturated rings. The van der Waals surface area contributed by atoms with Gasteiger partial charge in [-0.1, -0.05) is 0 Å². The second-order valence-electron chi connectivity index (χ2n) is 8.70. The largest absolute Gasteiger partial charge is 0.481 e. The predicted molar refractivity (Wildman–Crippen MR) is 99.2 cm³/mol. The van der Waals surface area contributed by atoms with Gasteiger partial charge in [0.05, 0.1) is 12.3 Å². The van der Waals surface area contributed by atoms with Crippen LogP contribution in [0.1, 0.15) is 60.8 Å². The second-order valence-corrected chi connectivity index (χ2v) is 8.70. The van der Waals surface area contributed by atoms with E-state index in [4.69, 9.17) is 26.0 Å². The van der Waals surface area contributed by atoms with Crippen molar-refractivity contribution in [3.05, 3.63) is 0 Å². The minimum atomic E-state index is -2.72. The summed E-state index contributed by atoms with van der Waals surface area (Å²) in [7, 11) is 0. The first-order chi connectivity index (χ1) is 12.4. The van der Waals surface area contributed by atoms with Gasteiger partial charge in [0.1, 0.15) is 11.2 Å². The maximum Gasteiger partial charge on any atom is 0.339 e. The molecule has 0 aliphatic carbocycles. The summed E-state index contributed by atoms with van der Waals surface area (Å²) in [6, 6.07) is -0.862. The molecule has 10 heteroatoms. The number of nitrogens with two attached hydrogens (primary N) is 2. The van der Waals surface area contributed by atoms with Gasteiger partial charge < -0.3 is 31.2 Å². The molecule has 0 aliphatic rings. The molecule has 3 atom stereocenters. The van der Waals surface area contributed by atoms with Gasteiger partial charge in [0, 0.05) is 6.04 Å². The Morgan fingerprint density at radius 2 is 1.36 bits per heavy atom. The summed E-state index contributed by atoms with van der Waals surface area (Å²) >= 11 is 0. The molecular formula is C18H32N2O8. The number of hydrogen-bond acceptors (Lipinski definition) is 8. The zero-order chi connectivity index (χ0) is 22.5. The number of aliphatic carboxylic acids is 2. The van der Waals surface area contributed by atoms with E-state index in [0.29, 0.717) is 0 Å². The molecule has 0 aromatic rings. The molecule has 0 aromatic heterocycles. The highest BCUT2D eigenvalue weighted by Crippen LogP contribution is 2.28. The number of hydrogen-bond donors (Lipinski definition) is 4. The van der Waals surface area contributed by atoms with Crippen molar-refractivity contribution >= 4 is 23.9 Å². The molecule has 0 heterocycles. The van der Waals surface area contributed by atoms with Crippen LogP contribution < -0.4 is 11.5 Å². The number of carbonyl (C=O) groups excluding carboxylic acids is 2. The molecule has 0 saturated carbocycles. The van der Waals surface area contributed by atoms with E-state index in [9.17, 15) is 24.3 Å². The summed E-state index contributed by atoms with van der Waals surface area (Å²) in [6.45, 7) is 9.30. The zero-order valence-corrected chi connectivity index (χ0v) is 17.3. The lowest BCUT2D eigenvalue weighted by Crippen LogP contribution is -2.64. The Morgan fingerprint density at radius 1 is 0.893 bits per heavy atom. The smallest absolute Gasteiger partial charge is 0.339 e. The maximum atomic E-state index is 12.7. The Balaban J connectivity index is 5.91. The zero-order valence-electron chi connectivity index (χ0n) is 17.3. The monoisotopic (exact) mass is 404 g/mol. The molecule has 0 saturated heterocycles. The number of ether oxygens (including phenoxy) is 2. The fraction of sp³-hybridized carbons (Fsp3) is 0.778. The van der Waals surface area contributed by atoms with Gasteiger partial charge in [0.2, 0.25) is 5.54 Å². The molecular weight excluding hydrogens is 372 g/mol. The minimum absolute atomic E-state index is 0.0642. The van der Waals surface area contributed by atoms with Gasteiger partial charge in [-0.15, -0.1) is 0 Å². The van der Waals surface area contributed by atoms with E-state index >= 15 is 0 Å². The van der Waals surface area contributed by atoms with Crippen LogP contribution >= 0.6 is 0 Å². The lowest BCUT2D eigenvalue weighted by molar-refractivity contribution is -0.182. The van der Waals surface area contributed by atoms with Crippen molar-refractivity contribution < 1.29 is 38.9 Å². The maximum absolute atomic E-state index is 12.7. The highest BCUT2D eigenvalue weighted by atomic mass is 16.6. The molecule has 28 heavy (non-hydrogen) atoms. The molecule has 0 rings (SSSR count). The van der Waals surface area contributed by atoms with E-state index in [1.807, 2.05) is 0 Å². The molecule has 10 nitrogen and oxygen atoms in total. The van der Waals surface area contributed by atoms with Crippen LogP contribution in [0, 0.1) is 5.92 Å². The van der Waals surface area contributed by atoms with Crippen LogP contribution in [0.4, 0.5) is 0 Å². The average molecular weight is 404 g/mol. The van der Waals surface area contributed by atoms with E-state index < -0.39 is 59.0 Å². The number of esters is 2. The molecule has 0 spiro atoms. The number of rotatable bonds is 9. The third kappa shape index (κ3) is 8.22. The Hall–Kier alpha value is -2.20. The second kappa shape index (κ2) is 9.33. The van der Waals surface area contributed by atoms with Crippen LogP contribution in [-0.2, 0) is 28.7 Å². The van der Waals surface area contributed by atoms with Gasteiger partial charge in [-0.2, -0.15) is 0 Å². The van der Waals surface area contributed by atoms with Gasteiger partial charge in [0.15, 0.2) is 0 Å². The van der Waals surface area contributed by atoms with Crippen molar-refractivity contribution in [2.75, 3.05) is 0 Å². The molecule has 0 bridgehead atoms. The summed E-state index contributed by atoms with van der Waals surface area (Å²) in [5.41, 5.74) is 6.88. The molecule has 0 aromatic carbocycles. The molecule has 0 amide bonds. The summed E-state index contributed by atoms with van der Waals surface area (Å²) in [5.74, 6) is -6.84. The highest BCUT2D eigenvalue weighted by Gasteiger charge is 2.55. The SMILES string of the molecule is CC(C)(C)OC(=O)C(CCC(N)CC(=O)O)C(N)(C(=O)O)C(=O)OC(C)(C)C. The first kappa shape index (κ1) is 25.8. The summed E-state index contributed by atoms with van der Waals surface area (Å²) in [6.07, 6.45) is -0.727. The third-order valence-corrected chi connectivity index (χ3v) is 3.59. The molecule has 162 valence electrons. The average Bonchev–Trinajstić information content (AvgIpc) is 2.41. The number of carboxylic acids is 2. The Morgan fingerprint density at radius 3 is 1.71 bits per heavy atom. The van der Waals surface area contributed by atoms with Crippen LogP contribution in [0.2, 0.25) is 0 Å². The Labute approximate surface area is 164 Å². The highest BCUT2D eigenvalue weighted by molar-refractivity contribution is 6.07. The predicted octanol–water partition coefficient (Wildman–Crippen LogP) is 0.650. The lowest BCUT2D eigenvalue weighted by atomic mass is 9.80. The Bertz CT molecular complexity index is 606. The van der Waals surface area contributed by atoms with Crippen molar-refractivity contribution in [1.82, 2.24) is 0 Å². The van der Waals surface area contributed by atoms with Gasteiger partial charge in [0.25, 0.3) is 0 Å². The first-order valence-corrected chi connectivity index (χ1v) is 8.86. The van der Waals surface area contributed by atoms with Crippen molar-refractivity contribution in [3.8, 4) is 0 Å². The van der Waals surface area contributed by atoms with Crippen LogP contribution in [0.15, 0.2) is 0 Å². The standard InChI is InChI=1S/C18H32N2O8/c1-16(2,3)27-13(23)11(8-7-10(19)9-12(21)22)18(20,14(24)25)15(26)28-17(4,5)6/h10-11H,7-9,19-20H2,1-6H3,(H,21,22)(H,24,25). The fourth-order valence-corrected chi connectivity index (χ4v) is 2.35. The summed E-state index contributed by atoms with van der Waals surface area (Å²) in [5, 5.41) is 18.5. The van der Waals surface area contributed by atoms with Crippen molar-refractivity contribution in [1.29, 1.82) is 0 Å². The van der Waals surface area contributed by atoms with Crippen LogP contribution in [0.25, 0.3) is 0 Å². The summed E-state index contributed by atoms with van der Waals surface area (Å²) < 4.78 is 10.4. The van der Waals surface area contributed by atoms with E-state index in [-0.39, 0.29) is 12.8 Å². The molecule has 3 unspecified atom stereocenters. The number of carbonyl (C=O) groups is 4. The van der Waals surface area contributed by atoms with Gasteiger partial charge in [-0.3, -0.25) is 9.59 Å². The minimum Gasteiger partial charge on any atom is -0.481 e. The molecule has 6 N–H and O–H groups in total. The molecule has 0 radical (unpaired) electrons. The van der Waals surface area contributed by atoms with Crippen LogP contribution in [-0.4, -0.2) is 56.9 Å². The number of carboxylic acid groups (broad SMARTS) is 2. The third-order valence-electron chi connectivity index (χ3n) is 3.59. The van der Waals surface area contributed by atoms with E-state index in [1.54, 1.807) is 20.8 Å². The van der Waals surface area contributed by atoms with Crippen molar-refractivity contribution in [3.63, 3.8) is 0 Å². The quantitative estimate of drug-likeness (QED) is 0.315. The van der Waals surface area contributed by atoms with Crippen LogP contribution in [0.5, 0.6) is 0 Å². The van der Waals surface area contributed by atoms with E-state index in [2.05, 4.69) is 0 Å².